The lowest BCUT2D eigenvalue weighted by Gasteiger charge is -2.10. The minimum absolute atomic E-state index is 0.0879. The predicted octanol–water partition coefficient (Wildman–Crippen LogP) is 3.14. The molecule has 110 valence electrons. The highest BCUT2D eigenvalue weighted by atomic mass is 32.2. The van der Waals surface area contributed by atoms with Crippen molar-refractivity contribution in [3.63, 3.8) is 0 Å². The molecule has 1 N–H and O–H groups in total. The fourth-order valence-corrected chi connectivity index (χ4v) is 2.65. The van der Waals surface area contributed by atoms with Gasteiger partial charge < -0.3 is 4.98 Å². The maximum Gasteiger partial charge on any atom is 0.255 e. The third-order valence-electron chi connectivity index (χ3n) is 3.36. The van der Waals surface area contributed by atoms with E-state index in [1.165, 1.54) is 11.8 Å². The summed E-state index contributed by atoms with van der Waals surface area (Å²) in [4.78, 5) is 23.9. The monoisotopic (exact) mass is 309 g/mol. The van der Waals surface area contributed by atoms with E-state index in [1.807, 2.05) is 48.7 Å². The van der Waals surface area contributed by atoms with Gasteiger partial charge >= 0.3 is 0 Å². The Balaban J connectivity index is 2.14. The molecule has 0 amide bonds. The molecule has 0 fully saturated rings. The molecule has 2 heterocycles. The second kappa shape index (κ2) is 6.58. The second-order valence-corrected chi connectivity index (χ2v) is 5.60. The standard InChI is InChI=1S/C17H15N3OS/c1-22-17-19-15(13-5-3-2-4-6-13)14(16(21)20-17)11-12-7-9-18-10-8-12/h2-10H,11H2,1H3,(H,19,20,21). The maximum absolute atomic E-state index is 12.5. The van der Waals surface area contributed by atoms with Crippen LogP contribution in [0.1, 0.15) is 11.1 Å². The van der Waals surface area contributed by atoms with Gasteiger partial charge in [0.2, 0.25) is 0 Å². The Bertz CT molecular complexity index is 816. The van der Waals surface area contributed by atoms with Crippen LogP contribution in [0, 0.1) is 0 Å². The molecule has 1 aromatic carbocycles. The topological polar surface area (TPSA) is 58.6 Å². The van der Waals surface area contributed by atoms with Crippen molar-refractivity contribution in [3.05, 3.63) is 76.3 Å². The average molecular weight is 309 g/mol. The molecule has 22 heavy (non-hydrogen) atoms. The Morgan fingerprint density at radius 3 is 2.50 bits per heavy atom. The molecule has 5 heteroatoms. The van der Waals surface area contributed by atoms with E-state index >= 15 is 0 Å². The maximum atomic E-state index is 12.5. The van der Waals surface area contributed by atoms with Gasteiger partial charge in [0.15, 0.2) is 5.16 Å². The quantitative estimate of drug-likeness (QED) is 0.594. The van der Waals surface area contributed by atoms with Crippen molar-refractivity contribution in [1.82, 2.24) is 15.0 Å². The molecule has 0 saturated carbocycles. The van der Waals surface area contributed by atoms with Crippen molar-refractivity contribution in [2.75, 3.05) is 6.26 Å². The number of pyridine rings is 1. The van der Waals surface area contributed by atoms with Crippen LogP contribution in [-0.2, 0) is 6.42 Å². The lowest BCUT2D eigenvalue weighted by molar-refractivity contribution is 0.908. The zero-order chi connectivity index (χ0) is 15.4. The summed E-state index contributed by atoms with van der Waals surface area (Å²) in [6.45, 7) is 0. The zero-order valence-corrected chi connectivity index (χ0v) is 12.9. The van der Waals surface area contributed by atoms with Crippen LogP contribution in [0.2, 0.25) is 0 Å². The number of aromatic amines is 1. The minimum Gasteiger partial charge on any atom is -0.301 e. The van der Waals surface area contributed by atoms with Crippen molar-refractivity contribution in [1.29, 1.82) is 0 Å². The van der Waals surface area contributed by atoms with Crippen molar-refractivity contribution < 1.29 is 0 Å². The molecular weight excluding hydrogens is 294 g/mol. The summed E-state index contributed by atoms with van der Waals surface area (Å²) in [5.74, 6) is 0. The molecular formula is C17H15N3OS. The number of nitrogens with one attached hydrogen (secondary N) is 1. The van der Waals surface area contributed by atoms with Gasteiger partial charge in [-0.1, -0.05) is 42.1 Å². The highest BCUT2D eigenvalue weighted by Crippen LogP contribution is 2.22. The van der Waals surface area contributed by atoms with Gasteiger partial charge in [0.25, 0.3) is 5.56 Å². The normalized spacial score (nSPS) is 10.6. The molecule has 0 unspecified atom stereocenters. The Kier molecular flexibility index (Phi) is 4.34. The van der Waals surface area contributed by atoms with Crippen LogP contribution in [0.25, 0.3) is 11.3 Å². The van der Waals surface area contributed by atoms with Gasteiger partial charge in [0.1, 0.15) is 0 Å². The van der Waals surface area contributed by atoms with Crippen LogP contribution < -0.4 is 5.56 Å². The van der Waals surface area contributed by atoms with Gasteiger partial charge in [-0.05, 0) is 24.0 Å². The number of H-pyrrole nitrogens is 1. The summed E-state index contributed by atoms with van der Waals surface area (Å²) in [6, 6.07) is 13.6. The third-order valence-corrected chi connectivity index (χ3v) is 3.94. The number of hydrogen-bond donors (Lipinski definition) is 1. The van der Waals surface area contributed by atoms with Crippen LogP contribution in [0.4, 0.5) is 0 Å². The largest absolute Gasteiger partial charge is 0.301 e. The van der Waals surface area contributed by atoms with Crippen molar-refractivity contribution >= 4 is 11.8 Å². The Morgan fingerprint density at radius 2 is 1.82 bits per heavy atom. The van der Waals surface area contributed by atoms with Crippen molar-refractivity contribution in [3.8, 4) is 11.3 Å². The summed E-state index contributed by atoms with van der Waals surface area (Å²) < 4.78 is 0. The van der Waals surface area contributed by atoms with E-state index in [2.05, 4.69) is 15.0 Å². The van der Waals surface area contributed by atoms with E-state index in [0.29, 0.717) is 17.1 Å². The minimum atomic E-state index is -0.0879. The molecule has 4 nitrogen and oxygen atoms in total. The Hall–Kier alpha value is -2.40. The molecule has 0 bridgehead atoms. The first-order chi connectivity index (χ1) is 10.8. The van der Waals surface area contributed by atoms with Crippen LogP contribution in [0.5, 0.6) is 0 Å². The molecule has 0 aliphatic carbocycles. The number of rotatable bonds is 4. The summed E-state index contributed by atoms with van der Waals surface area (Å²) in [7, 11) is 0. The number of hydrogen-bond acceptors (Lipinski definition) is 4. The van der Waals surface area contributed by atoms with E-state index in [-0.39, 0.29) is 5.56 Å². The lowest BCUT2D eigenvalue weighted by atomic mass is 10.0. The molecule has 2 aromatic heterocycles. The Morgan fingerprint density at radius 1 is 1.09 bits per heavy atom. The summed E-state index contributed by atoms with van der Waals surface area (Å²) in [5, 5.41) is 0.627. The first-order valence-corrected chi connectivity index (χ1v) is 8.12. The van der Waals surface area contributed by atoms with Crippen LogP contribution in [-0.4, -0.2) is 21.2 Å². The van der Waals surface area contributed by atoms with Crippen LogP contribution in [0.15, 0.2) is 64.8 Å². The molecule has 0 atom stereocenters. The lowest BCUT2D eigenvalue weighted by Crippen LogP contribution is -2.17. The SMILES string of the molecule is CSc1nc(-c2ccccc2)c(Cc2ccncc2)c(=O)[nH]1. The van der Waals surface area contributed by atoms with Gasteiger partial charge in [-0.2, -0.15) is 0 Å². The van der Waals surface area contributed by atoms with E-state index in [9.17, 15) is 4.79 Å². The molecule has 0 spiro atoms. The molecule has 3 rings (SSSR count). The van der Waals surface area contributed by atoms with E-state index in [4.69, 9.17) is 0 Å². The molecule has 3 aromatic rings. The molecule has 0 aliphatic rings. The number of nitrogens with zero attached hydrogens (tertiary/aromatic N) is 2. The molecule has 0 saturated heterocycles. The number of aromatic nitrogens is 3. The highest BCUT2D eigenvalue weighted by Gasteiger charge is 2.13. The Labute approximate surface area is 132 Å². The van der Waals surface area contributed by atoms with Crippen molar-refractivity contribution in [2.24, 2.45) is 0 Å². The van der Waals surface area contributed by atoms with Gasteiger partial charge in [0.05, 0.1) is 5.69 Å². The fourth-order valence-electron chi connectivity index (χ4n) is 2.28. The van der Waals surface area contributed by atoms with E-state index in [1.54, 1.807) is 12.4 Å². The van der Waals surface area contributed by atoms with Crippen molar-refractivity contribution in [2.45, 2.75) is 11.6 Å². The smallest absolute Gasteiger partial charge is 0.255 e. The number of thioether (sulfide) groups is 1. The second-order valence-electron chi connectivity index (χ2n) is 4.80. The zero-order valence-electron chi connectivity index (χ0n) is 12.1. The van der Waals surface area contributed by atoms with E-state index in [0.717, 1.165) is 16.8 Å². The van der Waals surface area contributed by atoms with Gasteiger partial charge in [0, 0.05) is 29.9 Å². The highest BCUT2D eigenvalue weighted by molar-refractivity contribution is 7.98. The van der Waals surface area contributed by atoms with Gasteiger partial charge in [-0.25, -0.2) is 4.98 Å². The molecule has 0 aliphatic heterocycles. The van der Waals surface area contributed by atoms with E-state index < -0.39 is 0 Å². The first-order valence-electron chi connectivity index (χ1n) is 6.89. The average Bonchev–Trinajstić information content (AvgIpc) is 2.58. The molecule has 0 radical (unpaired) electrons. The van der Waals surface area contributed by atoms with Crippen LogP contribution in [0.3, 0.4) is 0 Å². The van der Waals surface area contributed by atoms with Crippen LogP contribution >= 0.6 is 11.8 Å². The third kappa shape index (κ3) is 3.09. The van der Waals surface area contributed by atoms with Gasteiger partial charge in [-0.15, -0.1) is 0 Å². The number of benzene rings is 1. The fraction of sp³-hybridized carbons (Fsp3) is 0.118. The summed E-state index contributed by atoms with van der Waals surface area (Å²) in [6.07, 6.45) is 5.89. The first kappa shape index (κ1) is 14.5. The summed E-state index contributed by atoms with van der Waals surface area (Å²) >= 11 is 1.43. The van der Waals surface area contributed by atoms with Gasteiger partial charge in [-0.3, -0.25) is 9.78 Å². The summed E-state index contributed by atoms with van der Waals surface area (Å²) in [5.41, 5.74) is 3.32. The predicted molar refractivity (Wildman–Crippen MR) is 89.1 cm³/mol.